The van der Waals surface area contributed by atoms with Crippen molar-refractivity contribution in [2.45, 2.75) is 51.5 Å². The first kappa shape index (κ1) is 14.9. The lowest BCUT2D eigenvalue weighted by atomic mass is 9.80. The minimum Gasteiger partial charge on any atom is -0.380 e. The second kappa shape index (κ2) is 6.27. The Balaban J connectivity index is 2.02. The molecule has 0 aromatic carbocycles. The van der Waals surface area contributed by atoms with Crippen LogP contribution in [0.1, 0.15) is 39.5 Å². The van der Waals surface area contributed by atoms with E-state index in [1.807, 2.05) is 18.7 Å². The van der Waals surface area contributed by atoms with Crippen molar-refractivity contribution in [2.24, 2.45) is 5.41 Å². The molecule has 106 valence electrons. The summed E-state index contributed by atoms with van der Waals surface area (Å²) in [4.78, 5) is 14.8. The van der Waals surface area contributed by atoms with E-state index in [-0.39, 0.29) is 23.3 Å². The lowest BCUT2D eigenvalue weighted by molar-refractivity contribution is -0.152. The summed E-state index contributed by atoms with van der Waals surface area (Å²) in [6, 6.07) is 0. The molecule has 0 aromatic heterocycles. The Labute approximate surface area is 117 Å². The molecule has 3 atom stereocenters. The summed E-state index contributed by atoms with van der Waals surface area (Å²) in [5.41, 5.74) is -0.352. The number of carbonyl (C=O) groups excluding carboxylic acids is 1. The third-order valence-electron chi connectivity index (χ3n) is 4.36. The number of nitrogens with zero attached hydrogens (tertiary/aromatic N) is 1. The second-order valence-corrected chi connectivity index (χ2v) is 6.07. The monoisotopic (exact) mass is 264 g/mol. The average molecular weight is 264 g/mol. The molecule has 1 amide bonds. The zero-order valence-electron chi connectivity index (χ0n) is 12.2. The maximum atomic E-state index is 12.8. The minimum atomic E-state index is -0.352. The predicted octanol–water partition coefficient (Wildman–Crippen LogP) is 1.32. The second-order valence-electron chi connectivity index (χ2n) is 6.07. The summed E-state index contributed by atoms with van der Waals surface area (Å²) in [6.45, 7) is 6.94. The van der Waals surface area contributed by atoms with Gasteiger partial charge in [0, 0.05) is 13.2 Å². The topological polar surface area (TPSA) is 41.6 Å². The van der Waals surface area contributed by atoms with Gasteiger partial charge in [0.25, 0.3) is 0 Å². The van der Waals surface area contributed by atoms with Crippen LogP contribution >= 0.6 is 0 Å². The molecule has 2 heterocycles. The molecule has 5 heteroatoms. The van der Waals surface area contributed by atoms with Gasteiger partial charge in [0.15, 0.2) is 0 Å². The van der Waals surface area contributed by atoms with E-state index in [9.17, 15) is 4.79 Å². The summed E-state index contributed by atoms with van der Waals surface area (Å²) in [5.74, 6) is 0.446. The maximum Gasteiger partial charge on any atom is 0.232 e. The van der Waals surface area contributed by atoms with Crippen LogP contribution in [0.5, 0.6) is 0 Å². The van der Waals surface area contributed by atoms with Gasteiger partial charge in [0.05, 0.1) is 26.0 Å². The molecule has 4 nitrogen and oxygen atoms in total. The normalized spacial score (nSPS) is 35.9. The van der Waals surface area contributed by atoms with E-state index in [0.29, 0.717) is 6.61 Å². The summed E-state index contributed by atoms with van der Waals surface area (Å²) < 4.78 is 5.52. The van der Waals surface area contributed by atoms with Crippen LogP contribution in [0.25, 0.3) is 0 Å². The standard InChI is InChI=1S/C14H25BN2O2/c1-3-17(12-6-5-11(15)9-16-12)13(18)14(2)7-4-8-19-10-14/h11-12,16H,3-10H2,1-2H3. The number of amides is 1. The fourth-order valence-electron chi connectivity index (χ4n) is 3.08. The van der Waals surface area contributed by atoms with Crippen LogP contribution in [0.3, 0.4) is 0 Å². The Bertz CT molecular complexity index is 311. The smallest absolute Gasteiger partial charge is 0.232 e. The molecule has 0 saturated carbocycles. The van der Waals surface area contributed by atoms with Crippen LogP contribution < -0.4 is 5.32 Å². The first-order valence-corrected chi connectivity index (χ1v) is 7.44. The van der Waals surface area contributed by atoms with Crippen molar-refractivity contribution in [1.29, 1.82) is 0 Å². The summed E-state index contributed by atoms with van der Waals surface area (Å²) in [5, 5.41) is 3.40. The van der Waals surface area contributed by atoms with E-state index < -0.39 is 0 Å². The number of nitrogens with one attached hydrogen (secondary N) is 1. The molecule has 3 unspecified atom stereocenters. The van der Waals surface area contributed by atoms with E-state index >= 15 is 0 Å². The van der Waals surface area contributed by atoms with Crippen LogP contribution in [0.15, 0.2) is 0 Å². The number of rotatable bonds is 3. The van der Waals surface area contributed by atoms with Gasteiger partial charge in [0.1, 0.15) is 0 Å². The molecule has 2 rings (SSSR count). The first-order chi connectivity index (χ1) is 9.07. The minimum absolute atomic E-state index is 0.135. The van der Waals surface area contributed by atoms with Crippen molar-refractivity contribution >= 4 is 13.8 Å². The van der Waals surface area contributed by atoms with Gasteiger partial charge in [-0.05, 0) is 39.7 Å². The molecule has 2 aliphatic rings. The summed E-state index contributed by atoms with van der Waals surface area (Å²) in [6.07, 6.45) is 3.96. The zero-order chi connectivity index (χ0) is 13.9. The van der Waals surface area contributed by atoms with Crippen LogP contribution in [0.4, 0.5) is 0 Å². The Morgan fingerprint density at radius 1 is 1.53 bits per heavy atom. The Morgan fingerprint density at radius 2 is 2.32 bits per heavy atom. The maximum absolute atomic E-state index is 12.8. The van der Waals surface area contributed by atoms with Gasteiger partial charge < -0.3 is 9.64 Å². The molecule has 2 saturated heterocycles. The number of hydrogen-bond acceptors (Lipinski definition) is 3. The number of carbonyl (C=O) groups is 1. The number of hydrogen-bond donors (Lipinski definition) is 1. The number of piperidine rings is 1. The van der Waals surface area contributed by atoms with Crippen LogP contribution in [-0.2, 0) is 9.53 Å². The van der Waals surface area contributed by atoms with Crippen molar-refractivity contribution in [2.75, 3.05) is 26.3 Å². The fraction of sp³-hybridized carbons (Fsp3) is 0.929. The Hall–Kier alpha value is -0.545. The third kappa shape index (κ3) is 3.32. The Morgan fingerprint density at radius 3 is 2.84 bits per heavy atom. The molecule has 2 fully saturated rings. The van der Waals surface area contributed by atoms with Gasteiger partial charge in [-0.25, -0.2) is 0 Å². The van der Waals surface area contributed by atoms with E-state index in [1.54, 1.807) is 0 Å². The molecular weight excluding hydrogens is 239 g/mol. The van der Waals surface area contributed by atoms with Gasteiger partial charge in [-0.2, -0.15) is 0 Å². The van der Waals surface area contributed by atoms with Gasteiger partial charge in [-0.15, -0.1) is 0 Å². The lowest BCUT2D eigenvalue weighted by Crippen LogP contribution is -2.56. The van der Waals surface area contributed by atoms with Crippen LogP contribution in [-0.4, -0.2) is 51.1 Å². The van der Waals surface area contributed by atoms with Gasteiger partial charge in [0.2, 0.25) is 5.91 Å². The quantitative estimate of drug-likeness (QED) is 0.782. The molecule has 2 aliphatic heterocycles. The molecule has 1 N–H and O–H groups in total. The predicted molar refractivity (Wildman–Crippen MR) is 76.1 cm³/mol. The molecule has 0 bridgehead atoms. The van der Waals surface area contributed by atoms with Crippen LogP contribution in [0, 0.1) is 5.41 Å². The third-order valence-corrected chi connectivity index (χ3v) is 4.36. The summed E-state index contributed by atoms with van der Waals surface area (Å²) >= 11 is 0. The highest BCUT2D eigenvalue weighted by molar-refractivity contribution is 6.11. The average Bonchev–Trinajstić information content (AvgIpc) is 2.42. The lowest BCUT2D eigenvalue weighted by Gasteiger charge is -2.42. The van der Waals surface area contributed by atoms with E-state index in [4.69, 9.17) is 12.6 Å². The fourth-order valence-corrected chi connectivity index (χ4v) is 3.08. The van der Waals surface area contributed by atoms with Gasteiger partial charge >= 0.3 is 0 Å². The van der Waals surface area contributed by atoms with Crippen molar-refractivity contribution in [3.8, 4) is 0 Å². The van der Waals surface area contributed by atoms with Crippen LogP contribution in [0.2, 0.25) is 5.82 Å². The molecular formula is C14H25BN2O2. The first-order valence-electron chi connectivity index (χ1n) is 7.44. The zero-order valence-corrected chi connectivity index (χ0v) is 12.2. The van der Waals surface area contributed by atoms with E-state index in [0.717, 1.165) is 45.4 Å². The Kier molecular flexibility index (Phi) is 4.90. The molecule has 19 heavy (non-hydrogen) atoms. The van der Waals surface area contributed by atoms with Crippen molar-refractivity contribution in [3.63, 3.8) is 0 Å². The van der Waals surface area contributed by atoms with Crippen molar-refractivity contribution < 1.29 is 9.53 Å². The van der Waals surface area contributed by atoms with E-state index in [1.165, 1.54) is 0 Å². The molecule has 0 spiro atoms. The molecule has 0 aliphatic carbocycles. The summed E-state index contributed by atoms with van der Waals surface area (Å²) in [7, 11) is 5.90. The highest BCUT2D eigenvalue weighted by atomic mass is 16.5. The van der Waals surface area contributed by atoms with Gasteiger partial charge in [-0.1, -0.05) is 12.2 Å². The highest BCUT2D eigenvalue weighted by Crippen LogP contribution is 2.31. The largest absolute Gasteiger partial charge is 0.380 e. The van der Waals surface area contributed by atoms with Crippen molar-refractivity contribution in [3.05, 3.63) is 0 Å². The van der Waals surface area contributed by atoms with Crippen molar-refractivity contribution in [1.82, 2.24) is 10.2 Å². The SMILES string of the molecule is [B]C1CCC(N(CC)C(=O)C2(C)CCCOC2)NC1. The van der Waals surface area contributed by atoms with Gasteiger partial charge in [-0.3, -0.25) is 10.1 Å². The van der Waals surface area contributed by atoms with E-state index in [2.05, 4.69) is 5.32 Å². The molecule has 0 aromatic rings. The highest BCUT2D eigenvalue weighted by Gasteiger charge is 2.40. The molecule has 2 radical (unpaired) electrons. The number of ether oxygens (including phenoxy) is 1.